The second-order valence-corrected chi connectivity index (χ2v) is 6.26. The quantitative estimate of drug-likeness (QED) is 0.488. The number of hydrogen-bond donors (Lipinski definition) is 1. The minimum atomic E-state index is -0.972. The molecule has 0 saturated heterocycles. The molecule has 0 radical (unpaired) electrons. The Balaban J connectivity index is 2.31. The van der Waals surface area contributed by atoms with Crippen molar-refractivity contribution in [2.45, 2.75) is 33.8 Å². The summed E-state index contributed by atoms with van der Waals surface area (Å²) in [5.41, 5.74) is 1.10. The van der Waals surface area contributed by atoms with Crippen molar-refractivity contribution in [3.63, 3.8) is 0 Å². The molecule has 2 rings (SSSR count). The van der Waals surface area contributed by atoms with Crippen LogP contribution in [0.3, 0.4) is 0 Å². The van der Waals surface area contributed by atoms with E-state index in [0.29, 0.717) is 35.8 Å². The van der Waals surface area contributed by atoms with Gasteiger partial charge in [0.15, 0.2) is 0 Å². The van der Waals surface area contributed by atoms with Crippen molar-refractivity contribution in [3.8, 4) is 23.0 Å². The van der Waals surface area contributed by atoms with Gasteiger partial charge in [-0.2, -0.15) is 0 Å². The van der Waals surface area contributed by atoms with Crippen molar-refractivity contribution in [1.29, 1.82) is 0 Å². The van der Waals surface area contributed by atoms with Gasteiger partial charge in [-0.05, 0) is 38.1 Å². The number of hydrogen-bond acceptors (Lipinski definition) is 7. The zero-order valence-electron chi connectivity index (χ0n) is 17.5. The summed E-state index contributed by atoms with van der Waals surface area (Å²) >= 11 is 0. The van der Waals surface area contributed by atoms with Crippen LogP contribution in [0.5, 0.6) is 23.0 Å². The van der Waals surface area contributed by atoms with Crippen LogP contribution in [-0.4, -0.2) is 30.3 Å². The normalized spacial score (nSPS) is 11.8. The van der Waals surface area contributed by atoms with Gasteiger partial charge in [0.25, 0.3) is 0 Å². The highest BCUT2D eigenvalue weighted by Gasteiger charge is 2.14. The number of aliphatic hydroxyl groups excluding tert-OH is 1. The number of carbonyl (C=O) groups excluding carboxylic acids is 2. The third-order valence-electron chi connectivity index (χ3n) is 3.87. The Hall–Kier alpha value is -3.32. The smallest absolute Gasteiger partial charge is 0.308 e. The zero-order chi connectivity index (χ0) is 22.1. The van der Waals surface area contributed by atoms with Gasteiger partial charge in [0.1, 0.15) is 29.1 Å². The van der Waals surface area contributed by atoms with Gasteiger partial charge in [-0.1, -0.05) is 12.2 Å². The van der Waals surface area contributed by atoms with Crippen LogP contribution in [0.1, 0.15) is 44.9 Å². The number of esters is 2. The maximum Gasteiger partial charge on any atom is 0.308 e. The third-order valence-corrected chi connectivity index (χ3v) is 3.87. The lowest BCUT2D eigenvalue weighted by Crippen LogP contribution is -2.05. The predicted molar refractivity (Wildman–Crippen MR) is 112 cm³/mol. The van der Waals surface area contributed by atoms with E-state index < -0.39 is 18.0 Å². The molecular formula is C23H26O7. The Bertz CT molecular complexity index is 918. The van der Waals surface area contributed by atoms with Crippen molar-refractivity contribution < 1.29 is 33.6 Å². The predicted octanol–water partition coefficient (Wildman–Crippen LogP) is 4.08. The summed E-state index contributed by atoms with van der Waals surface area (Å²) in [6.45, 7) is 7.26. The molecule has 0 heterocycles. The van der Waals surface area contributed by atoms with E-state index in [1.54, 1.807) is 42.5 Å². The summed E-state index contributed by atoms with van der Waals surface area (Å²) < 4.78 is 21.4. The molecule has 0 saturated carbocycles. The van der Waals surface area contributed by atoms with Crippen LogP contribution in [0.15, 0.2) is 42.5 Å². The Morgan fingerprint density at radius 3 is 2.17 bits per heavy atom. The average Bonchev–Trinajstić information content (AvgIpc) is 2.67. The summed E-state index contributed by atoms with van der Waals surface area (Å²) in [6.07, 6.45) is 2.19. The molecule has 1 atom stereocenters. The number of benzene rings is 2. The number of rotatable bonds is 9. The lowest BCUT2D eigenvalue weighted by atomic mass is 10.1. The maximum absolute atomic E-state index is 11.4. The largest absolute Gasteiger partial charge is 0.494 e. The molecule has 0 spiro atoms. The standard InChI is InChI=1S/C23H26O7/c1-5-27-18-10-11-20(23(13-18)28-6-2)21(26)12-8-17-7-9-19(29-15(3)24)14-22(17)30-16(4)25/h7-14,21,26H,5-6H2,1-4H3. The molecule has 0 aromatic heterocycles. The molecule has 0 bridgehead atoms. The lowest BCUT2D eigenvalue weighted by molar-refractivity contribution is -0.132. The van der Waals surface area contributed by atoms with Gasteiger partial charge in [0.05, 0.1) is 13.2 Å². The van der Waals surface area contributed by atoms with Crippen LogP contribution in [-0.2, 0) is 9.59 Å². The molecule has 7 heteroatoms. The molecule has 0 fully saturated rings. The minimum Gasteiger partial charge on any atom is -0.494 e. The fourth-order valence-electron chi connectivity index (χ4n) is 2.72. The molecule has 0 amide bonds. The molecule has 2 aromatic rings. The Labute approximate surface area is 175 Å². The van der Waals surface area contributed by atoms with E-state index in [-0.39, 0.29) is 11.5 Å². The molecule has 0 aliphatic heterocycles. The topological polar surface area (TPSA) is 91.3 Å². The highest BCUT2D eigenvalue weighted by molar-refractivity contribution is 5.74. The van der Waals surface area contributed by atoms with Gasteiger partial charge >= 0.3 is 11.9 Å². The van der Waals surface area contributed by atoms with Crippen molar-refractivity contribution in [3.05, 3.63) is 53.6 Å². The van der Waals surface area contributed by atoms with Crippen LogP contribution >= 0.6 is 0 Å². The molecule has 1 unspecified atom stereocenters. The monoisotopic (exact) mass is 414 g/mol. The fraction of sp³-hybridized carbons (Fsp3) is 0.304. The van der Waals surface area contributed by atoms with Gasteiger partial charge in [0.2, 0.25) is 0 Å². The summed E-state index contributed by atoms with van der Waals surface area (Å²) in [6, 6.07) is 9.87. The zero-order valence-corrected chi connectivity index (χ0v) is 17.5. The van der Waals surface area contributed by atoms with Crippen molar-refractivity contribution >= 4 is 18.0 Å². The highest BCUT2D eigenvalue weighted by Crippen LogP contribution is 2.32. The van der Waals surface area contributed by atoms with Crippen molar-refractivity contribution in [2.75, 3.05) is 13.2 Å². The molecule has 0 aliphatic rings. The van der Waals surface area contributed by atoms with Crippen LogP contribution in [0, 0.1) is 0 Å². The molecule has 2 aromatic carbocycles. The van der Waals surface area contributed by atoms with Crippen LogP contribution in [0.4, 0.5) is 0 Å². The molecule has 7 nitrogen and oxygen atoms in total. The second kappa shape index (κ2) is 11.0. The molecular weight excluding hydrogens is 388 g/mol. The second-order valence-electron chi connectivity index (χ2n) is 6.26. The Kier molecular flexibility index (Phi) is 8.43. The van der Waals surface area contributed by atoms with Crippen molar-refractivity contribution in [1.82, 2.24) is 0 Å². The Morgan fingerprint density at radius 2 is 1.53 bits per heavy atom. The van der Waals surface area contributed by atoms with Crippen LogP contribution in [0.25, 0.3) is 6.08 Å². The average molecular weight is 414 g/mol. The third kappa shape index (κ3) is 6.63. The van der Waals surface area contributed by atoms with E-state index >= 15 is 0 Å². The van der Waals surface area contributed by atoms with Crippen LogP contribution < -0.4 is 18.9 Å². The molecule has 30 heavy (non-hydrogen) atoms. The molecule has 160 valence electrons. The van der Waals surface area contributed by atoms with E-state index in [9.17, 15) is 14.7 Å². The SMILES string of the molecule is CCOc1ccc(C(O)C=Cc2ccc(OC(C)=O)cc2OC(C)=O)c(OCC)c1. The van der Waals surface area contributed by atoms with E-state index in [1.807, 2.05) is 13.8 Å². The van der Waals surface area contributed by atoms with E-state index in [4.69, 9.17) is 18.9 Å². The van der Waals surface area contributed by atoms with E-state index in [1.165, 1.54) is 19.9 Å². The van der Waals surface area contributed by atoms with Gasteiger partial charge < -0.3 is 24.1 Å². The first-order chi connectivity index (χ1) is 14.3. The lowest BCUT2D eigenvalue weighted by Gasteiger charge is -2.15. The number of aliphatic hydroxyl groups is 1. The van der Waals surface area contributed by atoms with Gasteiger partial charge in [-0.15, -0.1) is 0 Å². The first-order valence-corrected chi connectivity index (χ1v) is 9.60. The van der Waals surface area contributed by atoms with E-state index in [2.05, 4.69) is 0 Å². The summed E-state index contributed by atoms with van der Waals surface area (Å²) in [5, 5.41) is 10.7. The first kappa shape index (κ1) is 23.0. The molecule has 1 N–H and O–H groups in total. The van der Waals surface area contributed by atoms with Crippen molar-refractivity contribution in [2.24, 2.45) is 0 Å². The fourth-order valence-corrected chi connectivity index (χ4v) is 2.72. The van der Waals surface area contributed by atoms with Gasteiger partial charge in [-0.25, -0.2) is 0 Å². The Morgan fingerprint density at radius 1 is 0.900 bits per heavy atom. The first-order valence-electron chi connectivity index (χ1n) is 9.60. The number of carbonyl (C=O) groups is 2. The van der Waals surface area contributed by atoms with E-state index in [0.717, 1.165) is 0 Å². The maximum atomic E-state index is 11.4. The van der Waals surface area contributed by atoms with Crippen LogP contribution in [0.2, 0.25) is 0 Å². The van der Waals surface area contributed by atoms with Gasteiger partial charge in [-0.3, -0.25) is 9.59 Å². The highest BCUT2D eigenvalue weighted by atomic mass is 16.5. The summed E-state index contributed by atoms with van der Waals surface area (Å²) in [7, 11) is 0. The summed E-state index contributed by atoms with van der Waals surface area (Å²) in [4.78, 5) is 22.6. The summed E-state index contributed by atoms with van der Waals surface area (Å²) in [5.74, 6) is 0.630. The van der Waals surface area contributed by atoms with Gasteiger partial charge in [0, 0.05) is 37.1 Å². The molecule has 0 aliphatic carbocycles. The number of ether oxygens (including phenoxy) is 4. The minimum absolute atomic E-state index is 0.210.